The van der Waals surface area contributed by atoms with Gasteiger partial charge in [0.05, 0.1) is 25.7 Å². The normalized spacial score (nSPS) is 11.4. The van der Waals surface area contributed by atoms with Gasteiger partial charge in [0.15, 0.2) is 21.4 Å². The van der Waals surface area contributed by atoms with Crippen LogP contribution in [0.2, 0.25) is 0 Å². The summed E-state index contributed by atoms with van der Waals surface area (Å²) in [5, 5.41) is 11.7. The summed E-state index contributed by atoms with van der Waals surface area (Å²) in [6, 6.07) is 0. The van der Waals surface area contributed by atoms with Crippen LogP contribution in [0.25, 0.3) is 16.1 Å². The fourth-order valence-corrected chi connectivity index (χ4v) is 3.51. The van der Waals surface area contributed by atoms with E-state index in [2.05, 4.69) is 14.7 Å². The molecule has 1 N–H and O–H groups in total. The van der Waals surface area contributed by atoms with E-state index in [1.807, 2.05) is 0 Å². The van der Waals surface area contributed by atoms with Crippen LogP contribution in [0.4, 0.5) is 0 Å². The van der Waals surface area contributed by atoms with Crippen molar-refractivity contribution in [3.8, 4) is 10.0 Å². The SMILES string of the molecule is COC(=O)c1csc(-c2nc(C(=O)OC)c(C=C(C)CO)s2)n1. The van der Waals surface area contributed by atoms with Crippen molar-refractivity contribution in [2.24, 2.45) is 0 Å². The highest BCUT2D eigenvalue weighted by Crippen LogP contribution is 2.32. The van der Waals surface area contributed by atoms with Gasteiger partial charge < -0.3 is 14.6 Å². The molecule has 0 radical (unpaired) electrons. The summed E-state index contributed by atoms with van der Waals surface area (Å²) in [6.45, 7) is 1.61. The molecule has 7 nitrogen and oxygen atoms in total. The highest BCUT2D eigenvalue weighted by molar-refractivity contribution is 7.21. The molecule has 0 atom stereocenters. The first kappa shape index (κ1) is 17.3. The van der Waals surface area contributed by atoms with Crippen LogP contribution in [0.3, 0.4) is 0 Å². The van der Waals surface area contributed by atoms with Gasteiger partial charge in [-0.3, -0.25) is 0 Å². The Morgan fingerprint density at radius 1 is 1.22 bits per heavy atom. The Morgan fingerprint density at radius 3 is 2.52 bits per heavy atom. The Kier molecular flexibility index (Phi) is 5.59. The molecule has 0 aromatic carbocycles. The summed E-state index contributed by atoms with van der Waals surface area (Å²) in [5.41, 5.74) is 1.01. The predicted molar refractivity (Wildman–Crippen MR) is 86.6 cm³/mol. The molecule has 0 spiro atoms. The molecular weight excluding hydrogens is 340 g/mol. The zero-order valence-electron chi connectivity index (χ0n) is 12.7. The third-order valence-corrected chi connectivity index (χ3v) is 4.73. The van der Waals surface area contributed by atoms with Gasteiger partial charge >= 0.3 is 11.9 Å². The number of ether oxygens (including phenoxy) is 2. The maximum atomic E-state index is 11.8. The first-order valence-corrected chi connectivity index (χ1v) is 8.11. The largest absolute Gasteiger partial charge is 0.464 e. The number of carbonyl (C=O) groups excluding carboxylic acids is 2. The second kappa shape index (κ2) is 7.44. The molecule has 0 amide bonds. The number of hydrogen-bond acceptors (Lipinski definition) is 9. The van der Waals surface area contributed by atoms with Gasteiger partial charge in [-0.15, -0.1) is 22.7 Å². The van der Waals surface area contributed by atoms with Crippen molar-refractivity contribution in [3.05, 3.63) is 27.2 Å². The molecule has 2 heterocycles. The first-order valence-electron chi connectivity index (χ1n) is 6.41. The van der Waals surface area contributed by atoms with Crippen molar-refractivity contribution in [3.63, 3.8) is 0 Å². The van der Waals surface area contributed by atoms with Crippen LogP contribution < -0.4 is 0 Å². The van der Waals surface area contributed by atoms with E-state index >= 15 is 0 Å². The average Bonchev–Trinajstić information content (AvgIpc) is 3.20. The quantitative estimate of drug-likeness (QED) is 0.822. The van der Waals surface area contributed by atoms with Crippen molar-refractivity contribution in [1.82, 2.24) is 9.97 Å². The molecule has 2 rings (SSSR count). The second-order valence-corrected chi connectivity index (χ2v) is 6.29. The molecule has 0 unspecified atom stereocenters. The van der Waals surface area contributed by atoms with Crippen LogP contribution in [0, 0.1) is 0 Å². The van der Waals surface area contributed by atoms with Crippen molar-refractivity contribution in [1.29, 1.82) is 0 Å². The summed E-state index contributed by atoms with van der Waals surface area (Å²) >= 11 is 2.46. The molecule has 23 heavy (non-hydrogen) atoms. The Bertz CT molecular complexity index is 763. The highest BCUT2D eigenvalue weighted by Gasteiger charge is 2.21. The van der Waals surface area contributed by atoms with Crippen molar-refractivity contribution in [2.45, 2.75) is 6.92 Å². The number of aliphatic hydroxyl groups excluding tert-OH is 1. The molecule has 2 aromatic heterocycles. The Morgan fingerprint density at radius 2 is 1.91 bits per heavy atom. The van der Waals surface area contributed by atoms with Gasteiger partial charge in [-0.1, -0.05) is 0 Å². The van der Waals surface area contributed by atoms with Gasteiger partial charge in [0.2, 0.25) is 0 Å². The van der Waals surface area contributed by atoms with Gasteiger partial charge in [0, 0.05) is 5.38 Å². The van der Waals surface area contributed by atoms with E-state index in [0.29, 0.717) is 20.5 Å². The Labute approximate surface area is 140 Å². The zero-order chi connectivity index (χ0) is 17.0. The molecule has 122 valence electrons. The van der Waals surface area contributed by atoms with Crippen molar-refractivity contribution >= 4 is 40.7 Å². The van der Waals surface area contributed by atoms with E-state index in [4.69, 9.17) is 9.84 Å². The number of hydrogen-bond donors (Lipinski definition) is 1. The van der Waals surface area contributed by atoms with E-state index in [1.165, 1.54) is 36.9 Å². The lowest BCUT2D eigenvalue weighted by Crippen LogP contribution is -2.03. The highest BCUT2D eigenvalue weighted by atomic mass is 32.1. The van der Waals surface area contributed by atoms with E-state index in [9.17, 15) is 9.59 Å². The van der Waals surface area contributed by atoms with Gasteiger partial charge in [0.25, 0.3) is 0 Å². The molecule has 0 aliphatic rings. The summed E-state index contributed by atoms with van der Waals surface area (Å²) in [7, 11) is 2.55. The minimum absolute atomic E-state index is 0.127. The van der Waals surface area contributed by atoms with E-state index in [1.54, 1.807) is 18.4 Å². The minimum atomic E-state index is -0.575. The number of esters is 2. The lowest BCUT2D eigenvalue weighted by molar-refractivity contribution is 0.0586. The number of carbonyl (C=O) groups is 2. The predicted octanol–water partition coefficient (Wildman–Crippen LogP) is 2.24. The van der Waals surface area contributed by atoms with Crippen LogP contribution in [0.5, 0.6) is 0 Å². The Balaban J connectivity index is 2.46. The fraction of sp³-hybridized carbons (Fsp3) is 0.286. The van der Waals surface area contributed by atoms with Gasteiger partial charge in [-0.05, 0) is 18.6 Å². The van der Waals surface area contributed by atoms with E-state index in [-0.39, 0.29) is 18.0 Å². The molecule has 0 bridgehead atoms. The number of thiazole rings is 2. The number of nitrogens with zero attached hydrogens (tertiary/aromatic N) is 2. The van der Waals surface area contributed by atoms with Crippen LogP contribution in [0.15, 0.2) is 11.0 Å². The summed E-state index contributed by atoms with van der Waals surface area (Å²) in [6.07, 6.45) is 1.67. The number of rotatable bonds is 5. The fourth-order valence-electron chi connectivity index (χ4n) is 1.60. The third kappa shape index (κ3) is 3.81. The van der Waals surface area contributed by atoms with Gasteiger partial charge in [-0.2, -0.15) is 0 Å². The molecular formula is C14H14N2O5S2. The van der Waals surface area contributed by atoms with E-state index < -0.39 is 11.9 Å². The van der Waals surface area contributed by atoms with Crippen molar-refractivity contribution in [2.75, 3.05) is 20.8 Å². The lowest BCUT2D eigenvalue weighted by Gasteiger charge is -1.97. The monoisotopic (exact) mass is 354 g/mol. The first-order chi connectivity index (χ1) is 11.0. The minimum Gasteiger partial charge on any atom is -0.464 e. The number of aliphatic hydroxyl groups is 1. The van der Waals surface area contributed by atoms with Crippen LogP contribution in [-0.4, -0.2) is 47.8 Å². The molecule has 9 heteroatoms. The van der Waals surface area contributed by atoms with Gasteiger partial charge in [-0.25, -0.2) is 19.6 Å². The molecule has 0 fully saturated rings. The molecule has 0 saturated heterocycles. The van der Waals surface area contributed by atoms with Gasteiger partial charge in [0.1, 0.15) is 0 Å². The second-order valence-electron chi connectivity index (χ2n) is 4.40. The molecule has 2 aromatic rings. The van der Waals surface area contributed by atoms with Crippen molar-refractivity contribution < 1.29 is 24.2 Å². The average molecular weight is 354 g/mol. The lowest BCUT2D eigenvalue weighted by atomic mass is 10.2. The Hall–Kier alpha value is -2.10. The third-order valence-electron chi connectivity index (χ3n) is 2.74. The number of methoxy groups -OCH3 is 2. The van der Waals surface area contributed by atoms with Crippen LogP contribution >= 0.6 is 22.7 Å². The summed E-state index contributed by atoms with van der Waals surface area (Å²) in [4.78, 5) is 32.3. The smallest absolute Gasteiger partial charge is 0.358 e. The standard InChI is InChI=1S/C14H14N2O5S2/c1-7(5-17)4-9-10(14(19)21-3)16-12(23-9)11-15-8(6-22-11)13(18)20-2/h4,6,17H,5H2,1-3H3. The molecule has 0 aliphatic carbocycles. The van der Waals surface area contributed by atoms with Crippen LogP contribution in [-0.2, 0) is 9.47 Å². The summed E-state index contributed by atoms with van der Waals surface area (Å²) in [5.74, 6) is -1.11. The topological polar surface area (TPSA) is 98.6 Å². The molecule has 0 aliphatic heterocycles. The maximum absolute atomic E-state index is 11.8. The maximum Gasteiger partial charge on any atom is 0.358 e. The van der Waals surface area contributed by atoms with E-state index in [0.717, 1.165) is 0 Å². The van der Waals surface area contributed by atoms with Crippen LogP contribution in [0.1, 0.15) is 32.8 Å². The summed E-state index contributed by atoms with van der Waals surface area (Å²) < 4.78 is 9.34. The molecule has 0 saturated carbocycles. The number of aromatic nitrogens is 2. The zero-order valence-corrected chi connectivity index (χ0v) is 14.3.